The summed E-state index contributed by atoms with van der Waals surface area (Å²) in [4.78, 5) is 15.2. The van der Waals surface area contributed by atoms with E-state index < -0.39 is 0 Å². The van der Waals surface area contributed by atoms with Crippen LogP contribution in [0.15, 0.2) is 42.5 Å². The van der Waals surface area contributed by atoms with Crippen LogP contribution in [0.3, 0.4) is 0 Å². The predicted molar refractivity (Wildman–Crippen MR) is 123 cm³/mol. The van der Waals surface area contributed by atoms with E-state index in [0.29, 0.717) is 38.7 Å². The average Bonchev–Trinajstić information content (AvgIpc) is 2.84. The highest BCUT2D eigenvalue weighted by Gasteiger charge is 2.25. The van der Waals surface area contributed by atoms with Crippen LogP contribution in [0.2, 0.25) is 0 Å². The van der Waals surface area contributed by atoms with E-state index in [-0.39, 0.29) is 29.8 Å². The van der Waals surface area contributed by atoms with Crippen molar-refractivity contribution < 1.29 is 23.4 Å². The highest BCUT2D eigenvalue weighted by molar-refractivity contribution is 5.74. The third-order valence-electron chi connectivity index (χ3n) is 6.08. The molecule has 0 bridgehead atoms. The van der Waals surface area contributed by atoms with Gasteiger partial charge in [-0.2, -0.15) is 0 Å². The van der Waals surface area contributed by atoms with Gasteiger partial charge in [0.05, 0.1) is 25.3 Å². The van der Waals surface area contributed by atoms with Gasteiger partial charge >= 0.3 is 6.03 Å². The van der Waals surface area contributed by atoms with Crippen LogP contribution in [0.4, 0.5) is 9.18 Å². The predicted octanol–water partition coefficient (Wildman–Crippen LogP) is 3.67. The first-order chi connectivity index (χ1) is 16.0. The number of fused-ring (bicyclic) bond motifs is 1. The molecule has 0 aliphatic carbocycles. The van der Waals surface area contributed by atoms with Crippen LogP contribution in [0, 0.1) is 11.7 Å². The van der Waals surface area contributed by atoms with Crippen LogP contribution >= 0.6 is 0 Å². The number of morpholine rings is 1. The number of nitrogens with one attached hydrogen (secondary N) is 2. The van der Waals surface area contributed by atoms with Crippen molar-refractivity contribution in [2.75, 3.05) is 46.1 Å². The fourth-order valence-corrected chi connectivity index (χ4v) is 4.30. The van der Waals surface area contributed by atoms with Crippen LogP contribution in [0.25, 0.3) is 0 Å². The Balaban J connectivity index is 1.43. The maximum absolute atomic E-state index is 13.5. The normalized spacial score (nSPS) is 17.9. The second kappa shape index (κ2) is 10.9. The molecule has 0 radical (unpaired) electrons. The zero-order chi connectivity index (χ0) is 23.2. The molecular weight excluding hydrogens is 425 g/mol. The third kappa shape index (κ3) is 5.94. The lowest BCUT2D eigenvalue weighted by atomic mass is 9.95. The molecule has 33 heavy (non-hydrogen) atoms. The number of urea groups is 1. The SMILES string of the molecule is CC(C)[C@H](NC(=O)NC[C@H](c1ccc(F)cc1)N1CCOCC1)c1ccc2c(c1)OCCO2. The number of carbonyl (C=O) groups excluding carboxylic acids is 1. The number of carbonyl (C=O) groups is 1. The van der Waals surface area contributed by atoms with E-state index in [0.717, 1.165) is 30.0 Å². The van der Waals surface area contributed by atoms with Gasteiger partial charge < -0.3 is 24.8 Å². The van der Waals surface area contributed by atoms with Crippen LogP contribution in [-0.2, 0) is 4.74 Å². The molecule has 2 aromatic rings. The quantitative estimate of drug-likeness (QED) is 0.664. The zero-order valence-electron chi connectivity index (χ0n) is 19.2. The number of halogens is 1. The molecule has 0 unspecified atom stereocenters. The number of amides is 2. The van der Waals surface area contributed by atoms with Gasteiger partial charge in [0.25, 0.3) is 0 Å². The summed E-state index contributed by atoms with van der Waals surface area (Å²) in [5.74, 6) is 1.33. The molecule has 2 atom stereocenters. The van der Waals surface area contributed by atoms with Crippen molar-refractivity contribution in [2.24, 2.45) is 5.92 Å². The van der Waals surface area contributed by atoms with Crippen molar-refractivity contribution in [3.8, 4) is 11.5 Å². The molecule has 2 aliphatic heterocycles. The Morgan fingerprint density at radius 2 is 1.64 bits per heavy atom. The Kier molecular flexibility index (Phi) is 7.67. The molecule has 2 amide bonds. The van der Waals surface area contributed by atoms with Crippen molar-refractivity contribution in [3.05, 3.63) is 59.4 Å². The summed E-state index contributed by atoms with van der Waals surface area (Å²) in [6.07, 6.45) is 0. The Hall–Kier alpha value is -2.84. The molecule has 0 aromatic heterocycles. The van der Waals surface area contributed by atoms with Crippen molar-refractivity contribution in [1.29, 1.82) is 0 Å². The lowest BCUT2D eigenvalue weighted by Gasteiger charge is -2.35. The van der Waals surface area contributed by atoms with E-state index in [9.17, 15) is 9.18 Å². The minimum absolute atomic E-state index is 0.0629. The number of rotatable bonds is 7. The van der Waals surface area contributed by atoms with Crippen LogP contribution in [0.5, 0.6) is 11.5 Å². The molecule has 2 aliphatic rings. The summed E-state index contributed by atoms with van der Waals surface area (Å²) in [5.41, 5.74) is 1.93. The number of nitrogens with zero attached hydrogens (tertiary/aromatic N) is 1. The highest BCUT2D eigenvalue weighted by Crippen LogP contribution is 2.34. The molecule has 2 N–H and O–H groups in total. The van der Waals surface area contributed by atoms with E-state index in [1.165, 1.54) is 12.1 Å². The summed E-state index contributed by atoms with van der Waals surface area (Å²) in [7, 11) is 0. The molecule has 7 nitrogen and oxygen atoms in total. The summed E-state index contributed by atoms with van der Waals surface area (Å²) < 4.78 is 30.3. The zero-order valence-corrected chi connectivity index (χ0v) is 19.2. The summed E-state index contributed by atoms with van der Waals surface area (Å²) in [6, 6.07) is 11.8. The first kappa shape index (κ1) is 23.3. The fraction of sp³-hybridized carbons (Fsp3) is 0.480. The molecule has 1 fully saturated rings. The summed E-state index contributed by atoms with van der Waals surface area (Å²) >= 11 is 0. The van der Waals surface area contributed by atoms with E-state index in [2.05, 4.69) is 29.4 Å². The van der Waals surface area contributed by atoms with Gasteiger partial charge in [0, 0.05) is 19.6 Å². The van der Waals surface area contributed by atoms with Gasteiger partial charge in [-0.05, 0) is 41.3 Å². The second-order valence-corrected chi connectivity index (χ2v) is 8.69. The molecule has 2 aromatic carbocycles. The van der Waals surface area contributed by atoms with Crippen LogP contribution in [0.1, 0.15) is 37.1 Å². The van der Waals surface area contributed by atoms with Gasteiger partial charge in [-0.1, -0.05) is 32.0 Å². The smallest absolute Gasteiger partial charge is 0.315 e. The molecule has 8 heteroatoms. The van der Waals surface area contributed by atoms with Crippen molar-refractivity contribution >= 4 is 6.03 Å². The third-order valence-corrected chi connectivity index (χ3v) is 6.08. The molecule has 2 heterocycles. The molecule has 1 saturated heterocycles. The largest absolute Gasteiger partial charge is 0.486 e. The maximum Gasteiger partial charge on any atom is 0.315 e. The van der Waals surface area contributed by atoms with Gasteiger partial charge in [-0.3, -0.25) is 4.90 Å². The lowest BCUT2D eigenvalue weighted by molar-refractivity contribution is 0.0166. The number of benzene rings is 2. The minimum atomic E-state index is -0.274. The molecule has 0 saturated carbocycles. The number of hydrogen-bond donors (Lipinski definition) is 2. The van der Waals surface area contributed by atoms with Crippen molar-refractivity contribution in [1.82, 2.24) is 15.5 Å². The maximum atomic E-state index is 13.5. The fourth-order valence-electron chi connectivity index (χ4n) is 4.30. The van der Waals surface area contributed by atoms with Gasteiger partial charge in [0.1, 0.15) is 19.0 Å². The van der Waals surface area contributed by atoms with E-state index in [4.69, 9.17) is 14.2 Å². The molecule has 178 valence electrons. The van der Waals surface area contributed by atoms with E-state index in [1.54, 1.807) is 12.1 Å². The van der Waals surface area contributed by atoms with Gasteiger partial charge in [0.2, 0.25) is 0 Å². The van der Waals surface area contributed by atoms with Crippen molar-refractivity contribution in [3.63, 3.8) is 0 Å². The Morgan fingerprint density at radius 1 is 0.970 bits per heavy atom. The van der Waals surface area contributed by atoms with Gasteiger partial charge in [0.15, 0.2) is 11.5 Å². The lowest BCUT2D eigenvalue weighted by Crippen LogP contribution is -2.46. The standard InChI is InChI=1S/C25H32FN3O4/c1-17(2)24(19-5-8-22-23(15-19)33-14-13-32-22)28-25(30)27-16-21(29-9-11-31-12-10-29)18-3-6-20(26)7-4-18/h3-8,15,17,21,24H,9-14,16H2,1-2H3,(H2,27,28,30)/t21-,24+/m1/s1. The monoisotopic (exact) mass is 457 g/mol. The van der Waals surface area contributed by atoms with E-state index in [1.807, 2.05) is 18.2 Å². The van der Waals surface area contributed by atoms with Crippen LogP contribution < -0.4 is 20.1 Å². The second-order valence-electron chi connectivity index (χ2n) is 8.69. The highest BCUT2D eigenvalue weighted by atomic mass is 19.1. The Morgan fingerprint density at radius 3 is 2.33 bits per heavy atom. The number of hydrogen-bond acceptors (Lipinski definition) is 5. The topological polar surface area (TPSA) is 72.1 Å². The minimum Gasteiger partial charge on any atom is -0.486 e. The summed E-state index contributed by atoms with van der Waals surface area (Å²) in [6.45, 7) is 8.40. The Labute approximate surface area is 194 Å². The first-order valence-electron chi connectivity index (χ1n) is 11.5. The van der Waals surface area contributed by atoms with Crippen molar-refractivity contribution in [2.45, 2.75) is 25.9 Å². The number of ether oxygens (including phenoxy) is 3. The average molecular weight is 458 g/mol. The Bertz CT molecular complexity index is 932. The molecule has 0 spiro atoms. The first-order valence-corrected chi connectivity index (χ1v) is 11.5. The van der Waals surface area contributed by atoms with Gasteiger partial charge in [-0.25, -0.2) is 9.18 Å². The summed E-state index contributed by atoms with van der Waals surface area (Å²) in [5, 5.41) is 6.14. The van der Waals surface area contributed by atoms with Crippen LogP contribution in [-0.4, -0.2) is 57.0 Å². The molecular formula is C25H32FN3O4. The van der Waals surface area contributed by atoms with Gasteiger partial charge in [-0.15, -0.1) is 0 Å². The molecule has 4 rings (SSSR count). The van der Waals surface area contributed by atoms with E-state index >= 15 is 0 Å².